The Labute approximate surface area is 123 Å². The molecule has 0 saturated carbocycles. The van der Waals surface area contributed by atoms with Crippen LogP contribution in [0.25, 0.3) is 0 Å². The topological polar surface area (TPSA) is 102 Å². The number of nitrogens with two attached hydrogens (primary N) is 1. The van der Waals surface area contributed by atoms with E-state index in [0.29, 0.717) is 19.5 Å². The van der Waals surface area contributed by atoms with E-state index >= 15 is 0 Å². The number of anilines is 2. The van der Waals surface area contributed by atoms with Crippen LogP contribution in [0.15, 0.2) is 9.59 Å². The third-order valence-electron chi connectivity index (χ3n) is 3.35. The standard InChI is InChI=1S/C13H23N5O3/c1-5-7-18-11(14)10(12(20)17(4)13(18)21)15-8-9(19)16(3)6-2/h15H,5-8,14H2,1-4H3. The fourth-order valence-electron chi connectivity index (χ4n) is 1.86. The molecule has 8 nitrogen and oxygen atoms in total. The molecule has 0 bridgehead atoms. The molecule has 0 saturated heterocycles. The number of likely N-dealkylation sites (N-methyl/N-ethyl adjacent to an activating group) is 1. The van der Waals surface area contributed by atoms with Crippen LogP contribution < -0.4 is 22.3 Å². The molecule has 0 aliphatic heterocycles. The Morgan fingerprint density at radius 1 is 1.33 bits per heavy atom. The monoisotopic (exact) mass is 297 g/mol. The number of carbonyl (C=O) groups excluding carboxylic acids is 1. The van der Waals surface area contributed by atoms with Gasteiger partial charge in [-0.05, 0) is 13.3 Å². The van der Waals surface area contributed by atoms with E-state index in [2.05, 4.69) is 5.32 Å². The van der Waals surface area contributed by atoms with Gasteiger partial charge in [-0.15, -0.1) is 0 Å². The maximum absolute atomic E-state index is 12.1. The Hall–Kier alpha value is -2.25. The Morgan fingerprint density at radius 2 is 1.95 bits per heavy atom. The predicted octanol–water partition coefficient (Wildman–Crippen LogP) is -0.571. The Balaban J connectivity index is 3.16. The summed E-state index contributed by atoms with van der Waals surface area (Å²) < 4.78 is 2.32. The van der Waals surface area contributed by atoms with Gasteiger partial charge in [-0.1, -0.05) is 6.92 Å². The zero-order valence-corrected chi connectivity index (χ0v) is 13.0. The Morgan fingerprint density at radius 3 is 2.48 bits per heavy atom. The lowest BCUT2D eigenvalue weighted by Crippen LogP contribution is -2.42. The average molecular weight is 297 g/mol. The van der Waals surface area contributed by atoms with Gasteiger partial charge >= 0.3 is 5.69 Å². The zero-order valence-electron chi connectivity index (χ0n) is 13.0. The molecule has 0 aliphatic carbocycles. The molecule has 1 heterocycles. The minimum Gasteiger partial charge on any atom is -0.383 e. The lowest BCUT2D eigenvalue weighted by atomic mass is 10.4. The van der Waals surface area contributed by atoms with Gasteiger partial charge in [-0.3, -0.25) is 18.7 Å². The van der Waals surface area contributed by atoms with Crippen LogP contribution in [0.2, 0.25) is 0 Å². The summed E-state index contributed by atoms with van der Waals surface area (Å²) in [4.78, 5) is 37.4. The average Bonchev–Trinajstić information content (AvgIpc) is 2.48. The third kappa shape index (κ3) is 3.45. The van der Waals surface area contributed by atoms with Gasteiger partial charge in [0.05, 0.1) is 6.54 Å². The quantitative estimate of drug-likeness (QED) is 0.732. The van der Waals surface area contributed by atoms with Crippen LogP contribution in [0.5, 0.6) is 0 Å². The van der Waals surface area contributed by atoms with E-state index in [9.17, 15) is 14.4 Å². The summed E-state index contributed by atoms with van der Waals surface area (Å²) in [6.07, 6.45) is 0.708. The highest BCUT2D eigenvalue weighted by Gasteiger charge is 2.16. The van der Waals surface area contributed by atoms with Crippen molar-refractivity contribution < 1.29 is 4.79 Å². The number of hydrogen-bond donors (Lipinski definition) is 2. The molecule has 0 spiro atoms. The number of carbonyl (C=O) groups is 1. The molecule has 1 aromatic rings. The van der Waals surface area contributed by atoms with Crippen LogP contribution in [0.1, 0.15) is 20.3 Å². The van der Waals surface area contributed by atoms with Crippen LogP contribution in [-0.2, 0) is 18.4 Å². The highest BCUT2D eigenvalue weighted by atomic mass is 16.2. The summed E-state index contributed by atoms with van der Waals surface area (Å²) in [5, 5.41) is 2.75. The first-order valence-corrected chi connectivity index (χ1v) is 6.92. The summed E-state index contributed by atoms with van der Waals surface area (Å²) in [6, 6.07) is 0. The van der Waals surface area contributed by atoms with Crippen LogP contribution >= 0.6 is 0 Å². The van der Waals surface area contributed by atoms with E-state index in [4.69, 9.17) is 5.73 Å². The van der Waals surface area contributed by atoms with Gasteiger partial charge in [0.1, 0.15) is 11.5 Å². The smallest absolute Gasteiger partial charge is 0.332 e. The number of amides is 1. The van der Waals surface area contributed by atoms with Crippen molar-refractivity contribution in [1.29, 1.82) is 0 Å². The maximum Gasteiger partial charge on any atom is 0.332 e. The molecule has 1 aromatic heterocycles. The lowest BCUT2D eigenvalue weighted by Gasteiger charge is -2.18. The Bertz CT molecular complexity index is 632. The molecule has 0 fully saturated rings. The fraction of sp³-hybridized carbons (Fsp3) is 0.615. The van der Waals surface area contributed by atoms with Gasteiger partial charge < -0.3 is 16.0 Å². The molecule has 1 amide bonds. The number of aromatic nitrogens is 2. The highest BCUT2D eigenvalue weighted by Crippen LogP contribution is 2.10. The number of nitrogens with one attached hydrogen (secondary N) is 1. The number of hydrogen-bond acceptors (Lipinski definition) is 5. The van der Waals surface area contributed by atoms with Crippen molar-refractivity contribution >= 4 is 17.4 Å². The normalized spacial score (nSPS) is 10.5. The molecular weight excluding hydrogens is 274 g/mol. The van der Waals surface area contributed by atoms with Crippen molar-refractivity contribution in [1.82, 2.24) is 14.0 Å². The molecule has 118 valence electrons. The van der Waals surface area contributed by atoms with E-state index in [0.717, 1.165) is 4.57 Å². The fourth-order valence-corrected chi connectivity index (χ4v) is 1.86. The van der Waals surface area contributed by atoms with E-state index in [1.54, 1.807) is 7.05 Å². The van der Waals surface area contributed by atoms with Gasteiger partial charge in [0.2, 0.25) is 5.91 Å². The first-order valence-electron chi connectivity index (χ1n) is 6.92. The molecule has 3 N–H and O–H groups in total. The summed E-state index contributed by atoms with van der Waals surface area (Å²) in [5.74, 6) is -0.0934. The SMILES string of the molecule is CCCn1c(N)c(NCC(=O)N(C)CC)c(=O)n(C)c1=O. The molecule has 0 radical (unpaired) electrons. The van der Waals surface area contributed by atoms with Gasteiger partial charge in [-0.25, -0.2) is 4.79 Å². The van der Waals surface area contributed by atoms with Crippen molar-refractivity contribution in [2.24, 2.45) is 7.05 Å². The lowest BCUT2D eigenvalue weighted by molar-refractivity contribution is -0.127. The largest absolute Gasteiger partial charge is 0.383 e. The Kier molecular flexibility index (Phi) is 5.57. The minimum absolute atomic E-state index is 0.0475. The van der Waals surface area contributed by atoms with E-state index in [-0.39, 0.29) is 24.0 Å². The zero-order chi connectivity index (χ0) is 16.2. The predicted molar refractivity (Wildman–Crippen MR) is 82.4 cm³/mol. The van der Waals surface area contributed by atoms with Gasteiger partial charge in [0.25, 0.3) is 5.56 Å². The minimum atomic E-state index is -0.531. The van der Waals surface area contributed by atoms with Crippen molar-refractivity contribution in [3.05, 3.63) is 20.8 Å². The number of nitrogen functional groups attached to an aromatic ring is 1. The van der Waals surface area contributed by atoms with Crippen molar-refractivity contribution in [2.75, 3.05) is 31.2 Å². The summed E-state index contributed by atoms with van der Waals surface area (Å²) in [5.41, 5.74) is 5.00. The maximum atomic E-state index is 12.1. The molecule has 0 unspecified atom stereocenters. The summed E-state index contributed by atoms with van der Waals surface area (Å²) >= 11 is 0. The van der Waals surface area contributed by atoms with Crippen molar-refractivity contribution in [3.8, 4) is 0 Å². The number of nitrogens with zero attached hydrogens (tertiary/aromatic N) is 3. The second-order valence-electron chi connectivity index (χ2n) is 4.82. The second kappa shape index (κ2) is 6.96. The molecule has 0 atom stereocenters. The van der Waals surface area contributed by atoms with E-state index in [1.165, 1.54) is 16.5 Å². The van der Waals surface area contributed by atoms with Gasteiger partial charge in [0, 0.05) is 27.2 Å². The first-order chi connectivity index (χ1) is 9.84. The molecule has 0 aliphatic rings. The molecule has 8 heteroatoms. The number of rotatable bonds is 6. The second-order valence-corrected chi connectivity index (χ2v) is 4.82. The molecular formula is C13H23N5O3. The van der Waals surface area contributed by atoms with Crippen LogP contribution in [-0.4, -0.2) is 40.1 Å². The van der Waals surface area contributed by atoms with Crippen LogP contribution in [0, 0.1) is 0 Å². The van der Waals surface area contributed by atoms with E-state index in [1.807, 2.05) is 13.8 Å². The van der Waals surface area contributed by atoms with Crippen molar-refractivity contribution in [3.63, 3.8) is 0 Å². The summed E-state index contributed by atoms with van der Waals surface area (Å²) in [6.45, 7) is 4.70. The van der Waals surface area contributed by atoms with E-state index < -0.39 is 11.2 Å². The van der Waals surface area contributed by atoms with Crippen LogP contribution in [0.3, 0.4) is 0 Å². The first kappa shape index (κ1) is 16.8. The molecule has 0 aromatic carbocycles. The van der Waals surface area contributed by atoms with Gasteiger partial charge in [-0.2, -0.15) is 0 Å². The third-order valence-corrected chi connectivity index (χ3v) is 3.35. The van der Waals surface area contributed by atoms with Crippen LogP contribution in [0.4, 0.5) is 11.5 Å². The highest BCUT2D eigenvalue weighted by molar-refractivity contribution is 5.81. The summed E-state index contributed by atoms with van der Waals surface area (Å²) in [7, 11) is 3.06. The van der Waals surface area contributed by atoms with Crippen molar-refractivity contribution in [2.45, 2.75) is 26.8 Å². The van der Waals surface area contributed by atoms with Gasteiger partial charge in [0.15, 0.2) is 0 Å². The molecule has 21 heavy (non-hydrogen) atoms. The molecule has 1 rings (SSSR count).